The summed E-state index contributed by atoms with van der Waals surface area (Å²) >= 11 is 0. The Labute approximate surface area is 83.9 Å². The van der Waals surface area contributed by atoms with Gasteiger partial charge in [0.25, 0.3) is 0 Å². The van der Waals surface area contributed by atoms with Crippen molar-refractivity contribution < 1.29 is 32.7 Å². The van der Waals surface area contributed by atoms with Crippen LogP contribution in [0.5, 0.6) is 0 Å². The molecule has 2 rings (SSSR count). The van der Waals surface area contributed by atoms with Crippen LogP contribution < -0.4 is 0 Å². The zero-order chi connectivity index (χ0) is 6.10. The standard InChI is InChI=1S/C7H5N2.Y/c1-2-4-7-6(3-1)5-8-9-7;/h1-3,5H,(H,8,9);/q-1;. The molecule has 0 atom stereocenters. The van der Waals surface area contributed by atoms with E-state index in [0.717, 1.165) is 10.9 Å². The maximum Gasteiger partial charge on any atom is 0.00109 e. The number of hydrogen-bond donors (Lipinski definition) is 1. The molecule has 0 aliphatic heterocycles. The zero-order valence-corrected chi connectivity index (χ0v) is 8.17. The fourth-order valence-corrected chi connectivity index (χ4v) is 0.821. The molecule has 0 fully saturated rings. The average Bonchev–Trinajstić information content (AvgIpc) is 2.33. The summed E-state index contributed by atoms with van der Waals surface area (Å²) in [6.07, 6.45) is 1.78. The first kappa shape index (κ1) is 7.90. The number of fused-ring (bicyclic) bond motifs is 1. The molecule has 0 spiro atoms. The molecule has 0 aliphatic rings. The number of benzene rings is 1. The smallest absolute Gasteiger partial charge is 0.00109 e. The molecule has 0 unspecified atom stereocenters. The minimum Gasteiger partial charge on any atom is -0.304 e. The number of nitrogens with one attached hydrogen (secondary N) is 1. The molecule has 0 amide bonds. The van der Waals surface area contributed by atoms with Crippen molar-refractivity contribution in [1.29, 1.82) is 0 Å². The summed E-state index contributed by atoms with van der Waals surface area (Å²) in [5.74, 6) is 0. The van der Waals surface area contributed by atoms with Gasteiger partial charge in [-0.15, -0.1) is 0 Å². The second-order valence-electron chi connectivity index (χ2n) is 1.87. The fourth-order valence-electron chi connectivity index (χ4n) is 0.821. The minimum absolute atomic E-state index is 0. The molecule has 0 saturated heterocycles. The molecule has 10 heavy (non-hydrogen) atoms. The van der Waals surface area contributed by atoms with Gasteiger partial charge in [0, 0.05) is 38.9 Å². The third-order valence-electron chi connectivity index (χ3n) is 1.27. The third-order valence-corrected chi connectivity index (χ3v) is 1.27. The van der Waals surface area contributed by atoms with Gasteiger partial charge in [0.05, 0.1) is 0 Å². The summed E-state index contributed by atoms with van der Waals surface area (Å²) in [5, 5.41) is 7.77. The topological polar surface area (TPSA) is 28.7 Å². The minimum atomic E-state index is 0. The molecular formula is C7H5N2Y-. The molecule has 0 bridgehead atoms. The zero-order valence-electron chi connectivity index (χ0n) is 5.33. The SMILES string of the molecule is [Y].[c-]1cccc2cn[nH]c12. The molecule has 47 valence electrons. The maximum atomic E-state index is 3.85. The van der Waals surface area contributed by atoms with Gasteiger partial charge in [-0.1, -0.05) is 5.39 Å². The van der Waals surface area contributed by atoms with E-state index in [0.29, 0.717) is 0 Å². The van der Waals surface area contributed by atoms with E-state index in [1.165, 1.54) is 0 Å². The summed E-state index contributed by atoms with van der Waals surface area (Å²) in [4.78, 5) is 0. The second-order valence-corrected chi connectivity index (χ2v) is 1.87. The Morgan fingerprint density at radius 3 is 3.20 bits per heavy atom. The number of para-hydroxylation sites is 1. The largest absolute Gasteiger partial charge is 0.304 e. The van der Waals surface area contributed by atoms with Gasteiger partial charge in [-0.2, -0.15) is 29.4 Å². The quantitative estimate of drug-likeness (QED) is 0.647. The molecule has 1 radical (unpaired) electrons. The summed E-state index contributed by atoms with van der Waals surface area (Å²) in [5.41, 5.74) is 0.970. The Morgan fingerprint density at radius 2 is 2.40 bits per heavy atom. The van der Waals surface area contributed by atoms with Gasteiger partial charge in [0.1, 0.15) is 0 Å². The Bertz CT molecular complexity index is 286. The van der Waals surface area contributed by atoms with Crippen LogP contribution >= 0.6 is 0 Å². The number of aromatic amines is 1. The van der Waals surface area contributed by atoms with Crippen LogP contribution in [0.25, 0.3) is 10.9 Å². The van der Waals surface area contributed by atoms with E-state index < -0.39 is 0 Å². The van der Waals surface area contributed by atoms with E-state index in [-0.39, 0.29) is 32.7 Å². The van der Waals surface area contributed by atoms with Crippen molar-refractivity contribution in [3.05, 3.63) is 30.5 Å². The summed E-state index contributed by atoms with van der Waals surface area (Å²) < 4.78 is 0. The van der Waals surface area contributed by atoms with Crippen molar-refractivity contribution in [2.75, 3.05) is 0 Å². The summed E-state index contributed by atoms with van der Waals surface area (Å²) in [6, 6.07) is 8.81. The number of nitrogens with zero attached hydrogens (tertiary/aromatic N) is 1. The Morgan fingerprint density at radius 1 is 1.50 bits per heavy atom. The van der Waals surface area contributed by atoms with Crippen molar-refractivity contribution in [1.82, 2.24) is 10.2 Å². The van der Waals surface area contributed by atoms with E-state index in [9.17, 15) is 0 Å². The molecule has 3 heteroatoms. The number of rotatable bonds is 0. The van der Waals surface area contributed by atoms with Crippen LogP contribution in [-0.4, -0.2) is 10.2 Å². The predicted molar refractivity (Wildman–Crippen MR) is 34.9 cm³/mol. The van der Waals surface area contributed by atoms with Gasteiger partial charge in [-0.3, -0.25) is 0 Å². The van der Waals surface area contributed by atoms with Crippen LogP contribution in [0.3, 0.4) is 0 Å². The van der Waals surface area contributed by atoms with Crippen molar-refractivity contribution in [3.63, 3.8) is 0 Å². The number of H-pyrrole nitrogens is 1. The molecule has 1 N–H and O–H groups in total. The van der Waals surface area contributed by atoms with Crippen LogP contribution in [0, 0.1) is 6.07 Å². The van der Waals surface area contributed by atoms with E-state index in [1.807, 2.05) is 18.2 Å². The summed E-state index contributed by atoms with van der Waals surface area (Å²) in [7, 11) is 0. The van der Waals surface area contributed by atoms with E-state index in [1.54, 1.807) is 6.20 Å². The van der Waals surface area contributed by atoms with Crippen molar-refractivity contribution in [3.8, 4) is 0 Å². The Kier molecular flexibility index (Phi) is 2.58. The van der Waals surface area contributed by atoms with Crippen LogP contribution in [0.1, 0.15) is 0 Å². The van der Waals surface area contributed by atoms with Crippen LogP contribution in [0.2, 0.25) is 0 Å². The number of hydrogen-bond acceptors (Lipinski definition) is 1. The monoisotopic (exact) mass is 206 g/mol. The molecule has 1 heterocycles. The molecule has 1 aromatic heterocycles. The van der Waals surface area contributed by atoms with Gasteiger partial charge in [0.15, 0.2) is 0 Å². The normalized spacial score (nSPS) is 9.20. The predicted octanol–water partition coefficient (Wildman–Crippen LogP) is 1.36. The Balaban J connectivity index is 0.000000500. The van der Waals surface area contributed by atoms with Crippen LogP contribution in [0.15, 0.2) is 24.4 Å². The molecule has 2 aromatic rings. The molecule has 0 saturated carbocycles. The second kappa shape index (κ2) is 3.26. The van der Waals surface area contributed by atoms with Crippen molar-refractivity contribution in [2.24, 2.45) is 0 Å². The van der Waals surface area contributed by atoms with Gasteiger partial charge in [-0.05, 0) is 5.52 Å². The first-order valence-corrected chi connectivity index (χ1v) is 2.76. The fraction of sp³-hybridized carbons (Fsp3) is 0. The maximum absolute atomic E-state index is 3.85. The first-order valence-electron chi connectivity index (χ1n) is 2.76. The van der Waals surface area contributed by atoms with E-state index in [4.69, 9.17) is 0 Å². The van der Waals surface area contributed by atoms with E-state index >= 15 is 0 Å². The van der Waals surface area contributed by atoms with Gasteiger partial charge in [0.2, 0.25) is 0 Å². The molecule has 2 nitrogen and oxygen atoms in total. The van der Waals surface area contributed by atoms with Crippen molar-refractivity contribution >= 4 is 10.9 Å². The number of aromatic nitrogens is 2. The van der Waals surface area contributed by atoms with Crippen molar-refractivity contribution in [2.45, 2.75) is 0 Å². The van der Waals surface area contributed by atoms with Gasteiger partial charge >= 0.3 is 0 Å². The van der Waals surface area contributed by atoms with E-state index in [2.05, 4.69) is 16.3 Å². The Hall–Kier alpha value is -0.206. The first-order chi connectivity index (χ1) is 4.47. The van der Waals surface area contributed by atoms with Gasteiger partial charge < -0.3 is 5.10 Å². The molecule has 1 aromatic carbocycles. The summed E-state index contributed by atoms with van der Waals surface area (Å²) in [6.45, 7) is 0. The molecular weight excluding hydrogens is 201 g/mol. The third kappa shape index (κ3) is 1.28. The van der Waals surface area contributed by atoms with Crippen LogP contribution in [-0.2, 0) is 32.7 Å². The van der Waals surface area contributed by atoms with Crippen LogP contribution in [0.4, 0.5) is 0 Å². The average molecular weight is 206 g/mol. The van der Waals surface area contributed by atoms with Gasteiger partial charge in [-0.25, -0.2) is 0 Å². The molecule has 0 aliphatic carbocycles.